The normalized spacial score (nSPS) is 9.30. The molecule has 0 aliphatic carbocycles. The Labute approximate surface area is 70.9 Å². The van der Waals surface area contributed by atoms with Crippen LogP contribution in [0.4, 0.5) is 0 Å². The molecule has 0 amide bonds. The van der Waals surface area contributed by atoms with Gasteiger partial charge in [0.1, 0.15) is 9.21 Å². The molecular formula is HIN2O6S. The van der Waals surface area contributed by atoms with Crippen LogP contribution in [0.3, 0.4) is 0 Å². The van der Waals surface area contributed by atoms with Gasteiger partial charge in [-0.1, -0.05) is 0 Å². The van der Waals surface area contributed by atoms with Gasteiger partial charge in [-0.05, 0) is 10.1 Å². The predicted octanol–water partition coefficient (Wildman–Crippen LogP) is 1.61. The molecule has 0 heterocycles. The number of nitrogens with one attached hydrogen (secondary N) is 1. The van der Waals surface area contributed by atoms with Crippen LogP contribution in [-0.2, 0) is 29.5 Å². The molecule has 0 aromatic carbocycles. The van der Waals surface area contributed by atoms with Crippen molar-refractivity contribution in [1.29, 1.82) is 5.53 Å². The van der Waals surface area contributed by atoms with Crippen LogP contribution in [0.5, 0.6) is 0 Å². The van der Waals surface area contributed by atoms with Crippen LogP contribution in [0.15, 0.2) is 5.28 Å². The lowest BCUT2D eigenvalue weighted by molar-refractivity contribution is -0.746. The third kappa shape index (κ3) is 8.28. The van der Waals surface area contributed by atoms with Crippen LogP contribution in [0, 0.1) is 5.53 Å². The van der Waals surface area contributed by atoms with Crippen molar-refractivity contribution in [2.75, 3.05) is 0 Å². The van der Waals surface area contributed by atoms with Crippen LogP contribution in [-0.4, -0.2) is 0 Å². The standard InChI is InChI=1S/HIN2O6S/c1-10-9-8-7-6-5-4-3-2/h2H. The Balaban J connectivity index is 2.70. The predicted molar refractivity (Wildman–Crippen MR) is 33.3 cm³/mol. The van der Waals surface area contributed by atoms with Crippen LogP contribution < -0.4 is 0 Å². The molecule has 1 N–H and O–H groups in total. The van der Waals surface area contributed by atoms with E-state index in [1.165, 1.54) is 0 Å². The van der Waals surface area contributed by atoms with Gasteiger partial charge in [-0.15, -0.1) is 4.33 Å². The molecule has 0 saturated heterocycles. The van der Waals surface area contributed by atoms with Crippen LogP contribution in [0.1, 0.15) is 0 Å². The van der Waals surface area contributed by atoms with E-state index in [-0.39, 0.29) is 0 Å². The van der Waals surface area contributed by atoms with E-state index in [2.05, 4.69) is 34.8 Å². The molecule has 10 heteroatoms. The number of hydrogen-bond acceptors (Lipinski definition) is 9. The summed E-state index contributed by atoms with van der Waals surface area (Å²) in [4.78, 5) is 3.51. The van der Waals surface area contributed by atoms with E-state index in [1.54, 1.807) is 21.2 Å². The van der Waals surface area contributed by atoms with Crippen molar-refractivity contribution in [3.05, 3.63) is 0 Å². The topological polar surface area (TPSA) is 91.6 Å². The lowest BCUT2D eigenvalue weighted by Gasteiger charge is -1.93. The van der Waals surface area contributed by atoms with Gasteiger partial charge in [0.15, 0.2) is 0 Å². The van der Waals surface area contributed by atoms with Gasteiger partial charge in [0.05, 0.1) is 5.28 Å². The molecule has 0 radical (unpaired) electrons. The highest BCUT2D eigenvalue weighted by Gasteiger charge is 1.90. The average molecular weight is 284 g/mol. The highest BCUT2D eigenvalue weighted by Crippen LogP contribution is 2.12. The maximum Gasteiger partial charge on any atom is 0.108 e. The molecule has 0 unspecified atom stereocenters. The summed E-state index contributed by atoms with van der Waals surface area (Å²) in [5, 5.41) is 16.8. The van der Waals surface area contributed by atoms with Gasteiger partial charge in [0, 0.05) is 31.3 Å². The van der Waals surface area contributed by atoms with Crippen molar-refractivity contribution >= 4 is 30.4 Å². The van der Waals surface area contributed by atoms with Gasteiger partial charge in [-0.2, -0.15) is 10.5 Å². The third-order valence-corrected chi connectivity index (χ3v) is 0.752. The second kappa shape index (κ2) is 9.28. The average Bonchev–Trinajstić information content (AvgIpc) is 1.97. The summed E-state index contributed by atoms with van der Waals surface area (Å²) >= 11 is 1.77. The summed E-state index contributed by atoms with van der Waals surface area (Å²) in [5.74, 6) is 0. The van der Waals surface area contributed by atoms with Crippen LogP contribution >= 0.6 is 30.4 Å². The summed E-state index contributed by atoms with van der Waals surface area (Å²) < 4.78 is 4.06. The maximum atomic E-state index is 5.98. The Morgan fingerprint density at radius 1 is 1.20 bits per heavy atom. The van der Waals surface area contributed by atoms with Crippen molar-refractivity contribution in [3.8, 4) is 0 Å². The maximum absolute atomic E-state index is 5.98. The number of hydrogen-bond donors (Lipinski definition) is 1. The van der Waals surface area contributed by atoms with Gasteiger partial charge in [-0.3, -0.25) is 0 Å². The lowest BCUT2D eigenvalue weighted by Crippen LogP contribution is -1.94. The Morgan fingerprint density at radius 3 is 2.50 bits per heavy atom. The molecule has 0 rings (SSSR count). The first kappa shape index (κ1) is 10.3. The second-order valence-electron chi connectivity index (χ2n) is 0.569. The SMILES string of the molecule is N=NOOOOOOSI. The molecule has 0 bridgehead atoms. The van der Waals surface area contributed by atoms with E-state index in [9.17, 15) is 0 Å². The van der Waals surface area contributed by atoms with E-state index >= 15 is 0 Å². The first-order valence-electron chi connectivity index (χ1n) is 1.56. The lowest BCUT2D eigenvalue weighted by atomic mass is 13.1. The zero-order chi connectivity index (χ0) is 7.66. The smallest absolute Gasteiger partial charge is 0.108 e. The largest absolute Gasteiger partial charge is 0.166 e. The van der Waals surface area contributed by atoms with E-state index in [0.717, 1.165) is 9.21 Å². The van der Waals surface area contributed by atoms with Crippen molar-refractivity contribution in [1.82, 2.24) is 0 Å². The molecule has 0 spiro atoms. The molecule has 0 aliphatic heterocycles. The number of rotatable bonds is 7. The Kier molecular flexibility index (Phi) is 9.54. The van der Waals surface area contributed by atoms with Crippen molar-refractivity contribution < 1.29 is 29.5 Å². The Hall–Kier alpha value is 0.280. The summed E-state index contributed by atoms with van der Waals surface area (Å²) in [6.45, 7) is 0. The van der Waals surface area contributed by atoms with Crippen molar-refractivity contribution in [2.24, 2.45) is 5.28 Å². The van der Waals surface area contributed by atoms with Crippen LogP contribution in [0.25, 0.3) is 0 Å². The van der Waals surface area contributed by atoms with Gasteiger partial charge in [0.2, 0.25) is 0 Å². The number of nitrogens with zero attached hydrogens (tertiary/aromatic N) is 1. The molecule has 0 aromatic heterocycles. The second-order valence-corrected chi connectivity index (χ2v) is 1.91. The minimum atomic E-state index is 0.851. The highest BCUT2D eigenvalue weighted by molar-refractivity contribution is 14.2. The molecule has 0 saturated carbocycles. The van der Waals surface area contributed by atoms with E-state index in [4.69, 9.17) is 5.53 Å². The van der Waals surface area contributed by atoms with E-state index in [0.29, 0.717) is 0 Å². The monoisotopic (exact) mass is 284 g/mol. The molecule has 60 valence electrons. The first-order chi connectivity index (χ1) is 4.91. The fourth-order valence-corrected chi connectivity index (χ4v) is 0.296. The molecule has 0 aliphatic rings. The van der Waals surface area contributed by atoms with Gasteiger partial charge in [-0.25, -0.2) is 0 Å². The quantitative estimate of drug-likeness (QED) is 0.189. The molecule has 8 nitrogen and oxygen atoms in total. The molecule has 10 heavy (non-hydrogen) atoms. The van der Waals surface area contributed by atoms with Crippen molar-refractivity contribution in [3.63, 3.8) is 0 Å². The summed E-state index contributed by atoms with van der Waals surface area (Å²) in [6.07, 6.45) is 0. The minimum Gasteiger partial charge on any atom is -0.166 e. The van der Waals surface area contributed by atoms with E-state index < -0.39 is 0 Å². The summed E-state index contributed by atoms with van der Waals surface area (Å²) in [5.41, 5.74) is 5.98. The summed E-state index contributed by atoms with van der Waals surface area (Å²) in [7, 11) is 0.851. The fraction of sp³-hybridized carbons (Fsp3) is 0. The van der Waals surface area contributed by atoms with E-state index in [1.807, 2.05) is 0 Å². The van der Waals surface area contributed by atoms with Crippen LogP contribution in [0.2, 0.25) is 0 Å². The van der Waals surface area contributed by atoms with Gasteiger partial charge in [0.25, 0.3) is 0 Å². The molecular weight excluding hydrogens is 283 g/mol. The molecule has 0 fully saturated rings. The van der Waals surface area contributed by atoms with Gasteiger partial charge < -0.3 is 0 Å². The summed E-state index contributed by atoms with van der Waals surface area (Å²) in [6, 6.07) is 0. The first-order valence-corrected chi connectivity index (χ1v) is 4.84. The fourth-order valence-electron chi connectivity index (χ4n) is 0.0722. The minimum absolute atomic E-state index is 0.851. The van der Waals surface area contributed by atoms with Gasteiger partial charge >= 0.3 is 0 Å². The Morgan fingerprint density at radius 2 is 1.90 bits per heavy atom. The molecule has 0 aromatic rings. The highest BCUT2D eigenvalue weighted by atomic mass is 127. The molecule has 0 atom stereocenters. The third-order valence-electron chi connectivity index (χ3n) is 0.205. The zero-order valence-corrected chi connectivity index (χ0v) is 7.16. The Bertz CT molecular complexity index is 80.1. The zero-order valence-electron chi connectivity index (χ0n) is 4.18. The van der Waals surface area contributed by atoms with Crippen molar-refractivity contribution in [2.45, 2.75) is 0 Å². The number of halogens is 1.